The van der Waals surface area contributed by atoms with Gasteiger partial charge in [-0.05, 0) is 33.0 Å². The van der Waals surface area contributed by atoms with Crippen LogP contribution < -0.4 is 25.0 Å². The molecule has 0 spiro atoms. The van der Waals surface area contributed by atoms with E-state index < -0.39 is 0 Å². The molecule has 0 bridgehead atoms. The van der Waals surface area contributed by atoms with Crippen molar-refractivity contribution in [3.05, 3.63) is 29.6 Å². The minimum atomic E-state index is -0.376. The standard InChI is InChI=1S/C20H28N6O3/c1-13-18(14(2)22-19(21-13)26-10-8-25(3)9-11-26)24-20(27)23-15-6-7-16(28-4)17(12-15)29-5/h6-7,12H,8-11H2,1-5H3,(H2,23,24,27). The summed E-state index contributed by atoms with van der Waals surface area (Å²) in [6.07, 6.45) is 0. The second-order valence-corrected chi connectivity index (χ2v) is 7.01. The second kappa shape index (κ2) is 8.95. The number of carbonyl (C=O) groups is 1. The fourth-order valence-corrected chi connectivity index (χ4v) is 3.22. The molecule has 0 saturated carbocycles. The molecule has 0 aliphatic carbocycles. The Kier molecular flexibility index (Phi) is 6.38. The number of methoxy groups -OCH3 is 2. The molecule has 3 rings (SSSR count). The van der Waals surface area contributed by atoms with E-state index in [1.54, 1.807) is 32.4 Å². The molecule has 1 aliphatic rings. The maximum absolute atomic E-state index is 12.5. The van der Waals surface area contributed by atoms with E-state index in [1.165, 1.54) is 0 Å². The third-order valence-electron chi connectivity index (χ3n) is 4.93. The van der Waals surface area contributed by atoms with Crippen LogP contribution in [0.2, 0.25) is 0 Å². The molecule has 2 N–H and O–H groups in total. The lowest BCUT2D eigenvalue weighted by molar-refractivity contribution is 0.262. The highest BCUT2D eigenvalue weighted by atomic mass is 16.5. The van der Waals surface area contributed by atoms with Crippen LogP contribution in [0.15, 0.2) is 18.2 Å². The zero-order valence-corrected chi connectivity index (χ0v) is 17.6. The first-order chi connectivity index (χ1) is 13.9. The average molecular weight is 400 g/mol. The highest BCUT2D eigenvalue weighted by molar-refractivity contribution is 6.00. The number of piperazine rings is 1. The van der Waals surface area contributed by atoms with Gasteiger partial charge in [-0.3, -0.25) is 0 Å². The highest BCUT2D eigenvalue weighted by Gasteiger charge is 2.19. The number of hydrogen-bond donors (Lipinski definition) is 2. The van der Waals surface area contributed by atoms with Crippen LogP contribution in [0.3, 0.4) is 0 Å². The predicted octanol–water partition coefficient (Wildman–Crippen LogP) is 2.51. The number of urea groups is 1. The van der Waals surface area contributed by atoms with Crippen LogP contribution in [0.5, 0.6) is 11.5 Å². The van der Waals surface area contributed by atoms with Crippen molar-refractivity contribution < 1.29 is 14.3 Å². The van der Waals surface area contributed by atoms with E-state index in [0.717, 1.165) is 37.6 Å². The summed E-state index contributed by atoms with van der Waals surface area (Å²) in [4.78, 5) is 26.2. The summed E-state index contributed by atoms with van der Waals surface area (Å²) in [5, 5.41) is 5.65. The monoisotopic (exact) mass is 400 g/mol. The number of amides is 2. The van der Waals surface area contributed by atoms with Crippen molar-refractivity contribution in [3.63, 3.8) is 0 Å². The Morgan fingerprint density at radius 1 is 0.966 bits per heavy atom. The minimum absolute atomic E-state index is 0.376. The Morgan fingerprint density at radius 2 is 1.59 bits per heavy atom. The van der Waals surface area contributed by atoms with Crippen LogP contribution >= 0.6 is 0 Å². The van der Waals surface area contributed by atoms with Gasteiger partial charge in [-0.2, -0.15) is 0 Å². The summed E-state index contributed by atoms with van der Waals surface area (Å²) >= 11 is 0. The molecule has 2 amide bonds. The Morgan fingerprint density at radius 3 is 2.17 bits per heavy atom. The van der Waals surface area contributed by atoms with Crippen LogP contribution in [-0.4, -0.2) is 68.3 Å². The van der Waals surface area contributed by atoms with Crippen LogP contribution in [0.4, 0.5) is 22.1 Å². The Balaban J connectivity index is 1.70. The molecule has 0 unspecified atom stereocenters. The molecular weight excluding hydrogens is 372 g/mol. The number of anilines is 3. The highest BCUT2D eigenvalue weighted by Crippen LogP contribution is 2.30. The van der Waals surface area contributed by atoms with E-state index in [9.17, 15) is 4.79 Å². The molecule has 0 atom stereocenters. The SMILES string of the molecule is COc1ccc(NC(=O)Nc2c(C)nc(N3CCN(C)CC3)nc2C)cc1OC. The van der Waals surface area contributed by atoms with Crippen LogP contribution in [0.25, 0.3) is 0 Å². The van der Waals surface area contributed by atoms with Crippen molar-refractivity contribution in [3.8, 4) is 11.5 Å². The molecule has 1 aliphatic heterocycles. The maximum Gasteiger partial charge on any atom is 0.323 e. The Labute approximate surface area is 171 Å². The zero-order chi connectivity index (χ0) is 21.0. The molecule has 2 heterocycles. The molecule has 1 aromatic heterocycles. The van der Waals surface area contributed by atoms with Gasteiger partial charge < -0.3 is 29.9 Å². The molecule has 1 saturated heterocycles. The largest absolute Gasteiger partial charge is 0.493 e. The molecule has 9 nitrogen and oxygen atoms in total. The fourth-order valence-electron chi connectivity index (χ4n) is 3.22. The third-order valence-corrected chi connectivity index (χ3v) is 4.93. The number of carbonyl (C=O) groups excluding carboxylic acids is 1. The van der Waals surface area contributed by atoms with Crippen LogP contribution in [-0.2, 0) is 0 Å². The van der Waals surface area contributed by atoms with Gasteiger partial charge >= 0.3 is 6.03 Å². The van der Waals surface area contributed by atoms with Gasteiger partial charge in [0.05, 0.1) is 31.3 Å². The van der Waals surface area contributed by atoms with Gasteiger partial charge in [-0.1, -0.05) is 0 Å². The van der Waals surface area contributed by atoms with Crippen molar-refractivity contribution >= 4 is 23.4 Å². The second-order valence-electron chi connectivity index (χ2n) is 7.01. The number of likely N-dealkylation sites (N-methyl/N-ethyl adjacent to an activating group) is 1. The normalized spacial score (nSPS) is 14.4. The van der Waals surface area contributed by atoms with Gasteiger partial charge in [0, 0.05) is 37.9 Å². The van der Waals surface area contributed by atoms with Crippen molar-refractivity contribution in [2.75, 3.05) is 63.0 Å². The topological polar surface area (TPSA) is 91.8 Å². The van der Waals surface area contributed by atoms with Crippen molar-refractivity contribution in [1.29, 1.82) is 0 Å². The summed E-state index contributed by atoms with van der Waals surface area (Å²) in [6, 6.07) is 4.80. The van der Waals surface area contributed by atoms with E-state index >= 15 is 0 Å². The summed E-state index contributed by atoms with van der Waals surface area (Å²) in [5.74, 6) is 1.84. The lowest BCUT2D eigenvalue weighted by Gasteiger charge is -2.32. The predicted molar refractivity (Wildman–Crippen MR) is 113 cm³/mol. The quantitative estimate of drug-likeness (QED) is 0.797. The number of nitrogens with one attached hydrogen (secondary N) is 2. The van der Waals surface area contributed by atoms with Crippen LogP contribution in [0.1, 0.15) is 11.4 Å². The minimum Gasteiger partial charge on any atom is -0.493 e. The molecule has 1 aromatic carbocycles. The molecule has 9 heteroatoms. The molecular formula is C20H28N6O3. The van der Waals surface area contributed by atoms with Gasteiger partial charge in [0.15, 0.2) is 11.5 Å². The van der Waals surface area contributed by atoms with E-state index in [4.69, 9.17) is 9.47 Å². The number of rotatable bonds is 5. The lowest BCUT2D eigenvalue weighted by atomic mass is 10.2. The molecule has 0 radical (unpaired) electrons. The van der Waals surface area contributed by atoms with E-state index in [0.29, 0.717) is 28.8 Å². The third kappa shape index (κ3) is 4.86. The van der Waals surface area contributed by atoms with E-state index in [2.05, 4.69) is 37.4 Å². The summed E-state index contributed by atoms with van der Waals surface area (Å²) in [6.45, 7) is 7.49. The number of benzene rings is 1. The Hall–Kier alpha value is -3.07. The molecule has 1 fully saturated rings. The number of aromatic nitrogens is 2. The number of aryl methyl sites for hydroxylation is 2. The maximum atomic E-state index is 12.5. The van der Waals surface area contributed by atoms with Gasteiger partial charge in [0.1, 0.15) is 0 Å². The summed E-state index contributed by atoms with van der Waals surface area (Å²) in [7, 11) is 5.22. The van der Waals surface area contributed by atoms with Crippen molar-refractivity contribution in [2.24, 2.45) is 0 Å². The zero-order valence-electron chi connectivity index (χ0n) is 17.6. The number of nitrogens with zero attached hydrogens (tertiary/aromatic N) is 4. The summed E-state index contributed by atoms with van der Waals surface area (Å²) in [5.41, 5.74) is 2.66. The molecule has 156 valence electrons. The molecule has 29 heavy (non-hydrogen) atoms. The fraction of sp³-hybridized carbons (Fsp3) is 0.450. The first-order valence-corrected chi connectivity index (χ1v) is 9.50. The van der Waals surface area contributed by atoms with Gasteiger partial charge in [0.25, 0.3) is 0 Å². The van der Waals surface area contributed by atoms with Gasteiger partial charge in [0.2, 0.25) is 5.95 Å². The Bertz CT molecular complexity index is 858. The van der Waals surface area contributed by atoms with Crippen molar-refractivity contribution in [2.45, 2.75) is 13.8 Å². The van der Waals surface area contributed by atoms with E-state index in [1.807, 2.05) is 13.8 Å². The first-order valence-electron chi connectivity index (χ1n) is 9.50. The smallest absolute Gasteiger partial charge is 0.323 e. The van der Waals surface area contributed by atoms with E-state index in [-0.39, 0.29) is 6.03 Å². The van der Waals surface area contributed by atoms with Gasteiger partial charge in [-0.25, -0.2) is 14.8 Å². The average Bonchev–Trinajstić information content (AvgIpc) is 2.71. The summed E-state index contributed by atoms with van der Waals surface area (Å²) < 4.78 is 10.5. The number of ether oxygens (including phenoxy) is 2. The van der Waals surface area contributed by atoms with Crippen LogP contribution in [0, 0.1) is 13.8 Å². The van der Waals surface area contributed by atoms with Crippen molar-refractivity contribution in [1.82, 2.24) is 14.9 Å². The lowest BCUT2D eigenvalue weighted by Crippen LogP contribution is -2.45. The first kappa shape index (κ1) is 20.7. The van der Waals surface area contributed by atoms with Gasteiger partial charge in [-0.15, -0.1) is 0 Å². The molecule has 2 aromatic rings. The number of hydrogen-bond acceptors (Lipinski definition) is 7.